The minimum atomic E-state index is -2.85. The van der Waals surface area contributed by atoms with E-state index in [1.54, 1.807) is 18.3 Å². The summed E-state index contributed by atoms with van der Waals surface area (Å²) >= 11 is 0. The molecule has 1 aliphatic heterocycles. The molecule has 0 aromatic carbocycles. The van der Waals surface area contributed by atoms with Crippen LogP contribution in [-0.2, 0) is 16.8 Å². The van der Waals surface area contributed by atoms with Crippen molar-refractivity contribution in [2.45, 2.75) is 44.1 Å². The van der Waals surface area contributed by atoms with E-state index >= 15 is 0 Å². The number of alkyl halides is 2. The van der Waals surface area contributed by atoms with Gasteiger partial charge < -0.3 is 11.1 Å². The minimum Gasteiger partial charge on any atom is -0.383 e. The molecule has 11 heteroatoms. The van der Waals surface area contributed by atoms with Crippen LogP contribution in [0, 0.1) is 17.2 Å². The number of nitrogens with two attached hydrogens (primary N) is 1. The van der Waals surface area contributed by atoms with Crippen LogP contribution in [0.4, 0.5) is 20.4 Å². The zero-order valence-corrected chi connectivity index (χ0v) is 16.6. The number of pyridine rings is 1. The summed E-state index contributed by atoms with van der Waals surface area (Å²) in [5.41, 5.74) is 5.86. The quantitative estimate of drug-likeness (QED) is 0.643. The van der Waals surface area contributed by atoms with Crippen molar-refractivity contribution >= 4 is 28.6 Å². The van der Waals surface area contributed by atoms with Crippen molar-refractivity contribution in [2.75, 3.05) is 11.1 Å². The van der Waals surface area contributed by atoms with Crippen LogP contribution in [0.15, 0.2) is 18.3 Å². The minimum absolute atomic E-state index is 0.0264. The number of fused-ring (bicyclic) bond motifs is 2. The Kier molecular flexibility index (Phi) is 3.99. The SMILES string of the molecule is CC(F)(F)CCn1nc(-c2nc(N)c3c(n2)NC(=O)C3(C#N)C2CC2)c2cccnc21. The van der Waals surface area contributed by atoms with Crippen LogP contribution >= 0.6 is 0 Å². The van der Waals surface area contributed by atoms with Gasteiger partial charge in [0.05, 0.1) is 17.0 Å². The molecule has 3 aromatic rings. The number of nitriles is 1. The first-order chi connectivity index (χ1) is 14.7. The molecule has 1 atom stereocenters. The van der Waals surface area contributed by atoms with Gasteiger partial charge in [-0.3, -0.25) is 4.79 Å². The molecule has 1 fully saturated rings. The number of carbonyl (C=O) groups excluding carboxylic acids is 1. The maximum atomic E-state index is 13.4. The van der Waals surface area contributed by atoms with Gasteiger partial charge in [0, 0.05) is 19.2 Å². The molecule has 4 heterocycles. The average Bonchev–Trinajstić information content (AvgIpc) is 3.43. The number of carbonyl (C=O) groups is 1. The molecular weight excluding hydrogens is 406 g/mol. The molecule has 0 bridgehead atoms. The molecule has 1 aliphatic carbocycles. The van der Waals surface area contributed by atoms with Gasteiger partial charge in [0.25, 0.3) is 5.91 Å². The van der Waals surface area contributed by atoms with Crippen molar-refractivity contribution in [3.05, 3.63) is 23.9 Å². The van der Waals surface area contributed by atoms with Gasteiger partial charge in [0.1, 0.15) is 17.3 Å². The Bertz CT molecular complexity index is 1270. The second kappa shape index (κ2) is 6.41. The van der Waals surface area contributed by atoms with Gasteiger partial charge in [-0.15, -0.1) is 0 Å². The van der Waals surface area contributed by atoms with Gasteiger partial charge in [-0.25, -0.2) is 28.4 Å². The maximum absolute atomic E-state index is 13.4. The Labute approximate surface area is 175 Å². The highest BCUT2D eigenvalue weighted by molar-refractivity contribution is 6.09. The Hall–Kier alpha value is -3.68. The number of hydrogen-bond acceptors (Lipinski definition) is 7. The predicted octanol–water partition coefficient (Wildman–Crippen LogP) is 2.64. The third-order valence-electron chi connectivity index (χ3n) is 5.77. The zero-order valence-electron chi connectivity index (χ0n) is 16.6. The molecule has 0 radical (unpaired) electrons. The summed E-state index contributed by atoms with van der Waals surface area (Å²) in [6, 6.07) is 5.57. The molecule has 9 nitrogen and oxygen atoms in total. The van der Waals surface area contributed by atoms with E-state index < -0.39 is 23.7 Å². The number of nitrogens with one attached hydrogen (secondary N) is 1. The largest absolute Gasteiger partial charge is 0.383 e. The van der Waals surface area contributed by atoms with Crippen LogP contribution in [0.2, 0.25) is 0 Å². The number of hydrogen-bond donors (Lipinski definition) is 2. The Morgan fingerprint density at radius 1 is 1.42 bits per heavy atom. The third kappa shape index (κ3) is 2.90. The number of halogens is 2. The number of rotatable bonds is 5. The van der Waals surface area contributed by atoms with E-state index in [0.717, 1.165) is 19.8 Å². The van der Waals surface area contributed by atoms with Gasteiger partial charge in [-0.2, -0.15) is 10.4 Å². The molecule has 158 valence electrons. The molecule has 1 amide bonds. The molecule has 31 heavy (non-hydrogen) atoms. The highest BCUT2D eigenvalue weighted by Gasteiger charge is 2.59. The Balaban J connectivity index is 1.63. The molecule has 1 unspecified atom stereocenters. The summed E-state index contributed by atoms with van der Waals surface area (Å²) in [5, 5.41) is 17.5. The summed E-state index contributed by atoms with van der Waals surface area (Å²) < 4.78 is 28.2. The topological polar surface area (TPSA) is 135 Å². The van der Waals surface area contributed by atoms with Gasteiger partial charge in [-0.05, 0) is 37.8 Å². The van der Waals surface area contributed by atoms with Crippen molar-refractivity contribution in [3.63, 3.8) is 0 Å². The lowest BCUT2D eigenvalue weighted by Crippen LogP contribution is -2.35. The molecule has 0 saturated heterocycles. The van der Waals surface area contributed by atoms with Crippen LogP contribution in [0.3, 0.4) is 0 Å². The number of nitrogen functional groups attached to an aromatic ring is 1. The van der Waals surface area contributed by atoms with E-state index in [4.69, 9.17) is 5.73 Å². The Morgan fingerprint density at radius 3 is 2.87 bits per heavy atom. The van der Waals surface area contributed by atoms with E-state index in [-0.39, 0.29) is 29.9 Å². The van der Waals surface area contributed by atoms with E-state index in [1.807, 2.05) is 0 Å². The van der Waals surface area contributed by atoms with Crippen LogP contribution in [0.25, 0.3) is 22.6 Å². The first kappa shape index (κ1) is 19.3. The fraction of sp³-hybridized carbons (Fsp3) is 0.400. The summed E-state index contributed by atoms with van der Waals surface area (Å²) in [4.78, 5) is 25.7. The van der Waals surface area contributed by atoms with Crippen LogP contribution in [0.1, 0.15) is 31.7 Å². The average molecular weight is 424 g/mol. The van der Waals surface area contributed by atoms with E-state index in [2.05, 4.69) is 31.4 Å². The standard InChI is InChI=1S/C20H18F2N8O/c1-19(21,22)6-8-30-17-11(3-2-7-25-17)13(29-30)16-26-14(24)12-15(27-16)28-18(31)20(12,9-23)10-4-5-10/h2-3,7,10H,4-6,8H2,1H3,(H3,24,26,27,28,31). The maximum Gasteiger partial charge on any atom is 0.251 e. The van der Waals surface area contributed by atoms with Crippen molar-refractivity contribution in [2.24, 2.45) is 5.92 Å². The first-order valence-electron chi connectivity index (χ1n) is 9.85. The van der Waals surface area contributed by atoms with Crippen molar-refractivity contribution in [1.82, 2.24) is 24.7 Å². The molecule has 1 saturated carbocycles. The van der Waals surface area contributed by atoms with Gasteiger partial charge in [-0.1, -0.05) is 0 Å². The predicted molar refractivity (Wildman–Crippen MR) is 107 cm³/mol. The summed E-state index contributed by atoms with van der Waals surface area (Å²) in [6.45, 7) is 0.800. The van der Waals surface area contributed by atoms with Crippen molar-refractivity contribution < 1.29 is 13.6 Å². The number of anilines is 2. The molecule has 3 aromatic heterocycles. The smallest absolute Gasteiger partial charge is 0.251 e. The van der Waals surface area contributed by atoms with Crippen molar-refractivity contribution in [1.29, 1.82) is 5.26 Å². The highest BCUT2D eigenvalue weighted by atomic mass is 19.3. The van der Waals surface area contributed by atoms with E-state index in [9.17, 15) is 18.8 Å². The Morgan fingerprint density at radius 2 is 2.19 bits per heavy atom. The monoisotopic (exact) mass is 424 g/mol. The van der Waals surface area contributed by atoms with Crippen molar-refractivity contribution in [3.8, 4) is 17.6 Å². The normalized spacial score (nSPS) is 20.5. The van der Waals surface area contributed by atoms with Crippen LogP contribution in [-0.4, -0.2) is 36.6 Å². The lowest BCUT2D eigenvalue weighted by molar-refractivity contribution is -0.119. The zero-order chi connectivity index (χ0) is 22.0. The second-order valence-electron chi connectivity index (χ2n) is 8.07. The molecule has 2 aliphatic rings. The van der Waals surface area contributed by atoms with Crippen LogP contribution < -0.4 is 11.1 Å². The summed E-state index contributed by atoms with van der Waals surface area (Å²) in [6.07, 6.45) is 2.65. The first-order valence-corrected chi connectivity index (χ1v) is 9.85. The summed E-state index contributed by atoms with van der Waals surface area (Å²) in [7, 11) is 0. The number of amides is 1. The summed E-state index contributed by atoms with van der Waals surface area (Å²) in [5.74, 6) is -3.08. The van der Waals surface area contributed by atoms with E-state index in [1.165, 1.54) is 4.68 Å². The number of aryl methyl sites for hydroxylation is 1. The number of aromatic nitrogens is 5. The molecule has 3 N–H and O–H groups in total. The highest BCUT2D eigenvalue weighted by Crippen LogP contribution is 2.53. The second-order valence-corrected chi connectivity index (χ2v) is 8.07. The van der Waals surface area contributed by atoms with E-state index in [0.29, 0.717) is 22.3 Å². The molecule has 5 rings (SSSR count). The molecular formula is C20H18F2N8O. The fourth-order valence-corrected chi connectivity index (χ4v) is 4.12. The number of nitrogens with zero attached hydrogens (tertiary/aromatic N) is 6. The van der Waals surface area contributed by atoms with Gasteiger partial charge in [0.15, 0.2) is 16.9 Å². The lowest BCUT2D eigenvalue weighted by atomic mass is 9.79. The van der Waals surface area contributed by atoms with Gasteiger partial charge in [0.2, 0.25) is 5.92 Å². The van der Waals surface area contributed by atoms with Gasteiger partial charge >= 0.3 is 0 Å². The fourth-order valence-electron chi connectivity index (χ4n) is 4.12. The van der Waals surface area contributed by atoms with Crippen LogP contribution in [0.5, 0.6) is 0 Å². The lowest BCUT2D eigenvalue weighted by Gasteiger charge is -2.18. The molecule has 0 spiro atoms. The third-order valence-corrected chi connectivity index (χ3v) is 5.77.